The van der Waals surface area contributed by atoms with Crippen LogP contribution < -0.4 is 0 Å². The first-order valence-corrected chi connectivity index (χ1v) is 7.12. The highest BCUT2D eigenvalue weighted by atomic mass is 16.5. The Labute approximate surface area is 114 Å². The lowest BCUT2D eigenvalue weighted by molar-refractivity contribution is -0.153. The molecule has 0 bridgehead atoms. The van der Waals surface area contributed by atoms with Crippen LogP contribution in [0.5, 0.6) is 0 Å². The molecule has 1 saturated carbocycles. The van der Waals surface area contributed by atoms with Crippen LogP contribution in [0.15, 0.2) is 0 Å². The summed E-state index contributed by atoms with van der Waals surface area (Å²) in [5.74, 6) is -0.165. The van der Waals surface area contributed by atoms with Gasteiger partial charge >= 0.3 is 5.97 Å². The van der Waals surface area contributed by atoms with Gasteiger partial charge in [-0.15, -0.1) is 0 Å². The molecule has 2 fully saturated rings. The van der Waals surface area contributed by atoms with Gasteiger partial charge in [0.25, 0.3) is 5.91 Å². The lowest BCUT2D eigenvalue weighted by atomic mass is 10.0. The SMILES string of the molecule is COC(=O)CN(C(=O)C1OCCC1C)C1CCCC1. The van der Waals surface area contributed by atoms with Crippen LogP contribution in [0.1, 0.15) is 39.0 Å². The number of ether oxygens (including phenoxy) is 2. The van der Waals surface area contributed by atoms with Crippen LogP contribution in [0.2, 0.25) is 0 Å². The van der Waals surface area contributed by atoms with Crippen LogP contribution in [0, 0.1) is 5.92 Å². The number of amides is 1. The summed E-state index contributed by atoms with van der Waals surface area (Å²) in [6.45, 7) is 2.71. The van der Waals surface area contributed by atoms with Crippen molar-refractivity contribution in [3.8, 4) is 0 Å². The molecule has 2 atom stereocenters. The highest BCUT2D eigenvalue weighted by molar-refractivity contribution is 5.85. The minimum Gasteiger partial charge on any atom is -0.468 e. The van der Waals surface area contributed by atoms with Crippen LogP contribution in [-0.4, -0.2) is 49.2 Å². The summed E-state index contributed by atoms with van der Waals surface area (Å²) in [6.07, 6.45) is 4.72. The van der Waals surface area contributed by atoms with E-state index in [4.69, 9.17) is 9.47 Å². The van der Waals surface area contributed by atoms with Gasteiger partial charge in [-0.3, -0.25) is 9.59 Å². The third-order valence-electron chi connectivity index (χ3n) is 4.21. The molecule has 0 aromatic carbocycles. The van der Waals surface area contributed by atoms with Gasteiger partial charge in [0.15, 0.2) is 0 Å². The minimum atomic E-state index is -0.384. The summed E-state index contributed by atoms with van der Waals surface area (Å²) in [7, 11) is 1.36. The molecule has 0 spiro atoms. The summed E-state index contributed by atoms with van der Waals surface area (Å²) in [5.41, 5.74) is 0. The van der Waals surface area contributed by atoms with Crippen molar-refractivity contribution in [1.82, 2.24) is 4.90 Å². The van der Waals surface area contributed by atoms with Crippen molar-refractivity contribution in [3.05, 3.63) is 0 Å². The van der Waals surface area contributed by atoms with Gasteiger partial charge in [0.1, 0.15) is 12.6 Å². The first kappa shape index (κ1) is 14.3. The molecule has 1 aliphatic carbocycles. The molecule has 1 saturated heterocycles. The van der Waals surface area contributed by atoms with Gasteiger partial charge in [0, 0.05) is 12.6 Å². The second-order valence-electron chi connectivity index (χ2n) is 5.54. The zero-order valence-corrected chi connectivity index (χ0v) is 11.8. The maximum atomic E-state index is 12.6. The summed E-state index contributed by atoms with van der Waals surface area (Å²) >= 11 is 0. The number of carbonyl (C=O) groups is 2. The molecule has 0 N–H and O–H groups in total. The molecule has 5 nitrogen and oxygen atoms in total. The van der Waals surface area contributed by atoms with Crippen LogP contribution in [0.4, 0.5) is 0 Å². The Hall–Kier alpha value is -1.10. The Bertz CT molecular complexity index is 338. The molecule has 5 heteroatoms. The van der Waals surface area contributed by atoms with Crippen LogP contribution >= 0.6 is 0 Å². The van der Waals surface area contributed by atoms with E-state index in [0.29, 0.717) is 6.61 Å². The van der Waals surface area contributed by atoms with Gasteiger partial charge < -0.3 is 14.4 Å². The standard InChI is InChI=1S/C14H23NO4/c1-10-7-8-19-13(10)14(17)15(9-12(16)18-2)11-5-3-4-6-11/h10-11,13H,3-9H2,1-2H3. The van der Waals surface area contributed by atoms with Crippen molar-refractivity contribution in [2.75, 3.05) is 20.3 Å². The van der Waals surface area contributed by atoms with E-state index < -0.39 is 0 Å². The third kappa shape index (κ3) is 3.26. The fourth-order valence-electron chi connectivity index (χ4n) is 2.98. The fraction of sp³-hybridized carbons (Fsp3) is 0.857. The predicted octanol–water partition coefficient (Wildman–Crippen LogP) is 1.36. The molecule has 2 aliphatic rings. The summed E-state index contributed by atoms with van der Waals surface area (Å²) in [6, 6.07) is 0.169. The topological polar surface area (TPSA) is 55.8 Å². The molecule has 2 unspecified atom stereocenters. The molecule has 108 valence electrons. The number of hydrogen-bond acceptors (Lipinski definition) is 4. The lowest BCUT2D eigenvalue weighted by Gasteiger charge is -2.31. The second-order valence-corrected chi connectivity index (χ2v) is 5.54. The van der Waals surface area contributed by atoms with Gasteiger partial charge in [-0.2, -0.15) is 0 Å². The average molecular weight is 269 g/mol. The molecule has 1 heterocycles. The number of hydrogen-bond donors (Lipinski definition) is 0. The zero-order chi connectivity index (χ0) is 13.8. The van der Waals surface area contributed by atoms with E-state index >= 15 is 0 Å². The van der Waals surface area contributed by atoms with Gasteiger partial charge in [-0.1, -0.05) is 19.8 Å². The van der Waals surface area contributed by atoms with Crippen LogP contribution in [-0.2, 0) is 19.1 Å². The van der Waals surface area contributed by atoms with Crippen molar-refractivity contribution in [1.29, 1.82) is 0 Å². The number of carbonyl (C=O) groups excluding carboxylic acids is 2. The van der Waals surface area contributed by atoms with Crippen LogP contribution in [0.3, 0.4) is 0 Å². The van der Waals surface area contributed by atoms with Crippen LogP contribution in [0.25, 0.3) is 0 Å². The monoisotopic (exact) mass is 269 g/mol. The highest BCUT2D eigenvalue weighted by Crippen LogP contribution is 2.28. The van der Waals surface area contributed by atoms with Gasteiger partial charge in [0.05, 0.1) is 7.11 Å². The smallest absolute Gasteiger partial charge is 0.325 e. The fourth-order valence-corrected chi connectivity index (χ4v) is 2.98. The second kappa shape index (κ2) is 6.37. The lowest BCUT2D eigenvalue weighted by Crippen LogP contribution is -2.48. The highest BCUT2D eigenvalue weighted by Gasteiger charge is 2.38. The Morgan fingerprint density at radius 2 is 1.95 bits per heavy atom. The Morgan fingerprint density at radius 3 is 2.47 bits per heavy atom. The Morgan fingerprint density at radius 1 is 1.26 bits per heavy atom. The molecule has 1 amide bonds. The van der Waals surface area contributed by atoms with Crippen molar-refractivity contribution in [2.24, 2.45) is 5.92 Å². The number of rotatable bonds is 4. The van der Waals surface area contributed by atoms with E-state index in [1.54, 1.807) is 4.90 Å². The van der Waals surface area contributed by atoms with Crippen molar-refractivity contribution < 1.29 is 19.1 Å². The molecular weight excluding hydrogens is 246 g/mol. The van der Waals surface area contributed by atoms with Crippen molar-refractivity contribution in [2.45, 2.75) is 51.2 Å². The number of nitrogens with zero attached hydrogens (tertiary/aromatic N) is 1. The molecular formula is C14H23NO4. The van der Waals surface area contributed by atoms with Gasteiger partial charge in [-0.05, 0) is 25.2 Å². The molecule has 1 aliphatic heterocycles. The Kier molecular flexibility index (Phi) is 4.80. The summed E-state index contributed by atoms with van der Waals surface area (Å²) < 4.78 is 10.2. The maximum Gasteiger partial charge on any atom is 0.325 e. The van der Waals surface area contributed by atoms with Gasteiger partial charge in [-0.25, -0.2) is 0 Å². The average Bonchev–Trinajstić information content (AvgIpc) is 3.05. The number of methoxy groups -OCH3 is 1. The van der Waals surface area contributed by atoms with E-state index in [1.165, 1.54) is 7.11 Å². The molecule has 19 heavy (non-hydrogen) atoms. The van der Waals surface area contributed by atoms with E-state index in [2.05, 4.69) is 0 Å². The van der Waals surface area contributed by atoms with E-state index in [1.807, 2.05) is 6.92 Å². The van der Waals surface area contributed by atoms with E-state index in [-0.39, 0.29) is 36.5 Å². The quantitative estimate of drug-likeness (QED) is 0.723. The minimum absolute atomic E-state index is 0.0395. The van der Waals surface area contributed by atoms with Crippen molar-refractivity contribution in [3.63, 3.8) is 0 Å². The van der Waals surface area contributed by atoms with E-state index in [0.717, 1.165) is 32.1 Å². The van der Waals surface area contributed by atoms with Crippen molar-refractivity contribution >= 4 is 11.9 Å². The third-order valence-corrected chi connectivity index (χ3v) is 4.21. The molecule has 0 aromatic rings. The molecule has 0 radical (unpaired) electrons. The Balaban J connectivity index is 2.06. The predicted molar refractivity (Wildman–Crippen MR) is 69.5 cm³/mol. The summed E-state index contributed by atoms with van der Waals surface area (Å²) in [5, 5.41) is 0. The maximum absolute atomic E-state index is 12.6. The molecule has 2 rings (SSSR count). The zero-order valence-electron chi connectivity index (χ0n) is 11.8. The first-order valence-electron chi connectivity index (χ1n) is 7.12. The summed E-state index contributed by atoms with van der Waals surface area (Å²) in [4.78, 5) is 25.8. The normalized spacial score (nSPS) is 27.5. The number of esters is 1. The van der Waals surface area contributed by atoms with E-state index in [9.17, 15) is 9.59 Å². The molecule has 0 aromatic heterocycles. The largest absolute Gasteiger partial charge is 0.468 e. The first-order chi connectivity index (χ1) is 9.13. The van der Waals surface area contributed by atoms with Gasteiger partial charge in [0.2, 0.25) is 0 Å².